The fourth-order valence-corrected chi connectivity index (χ4v) is 5.87. The van der Waals surface area contributed by atoms with Crippen molar-refractivity contribution in [2.75, 3.05) is 10.9 Å². The van der Waals surface area contributed by atoms with Gasteiger partial charge in [0, 0.05) is 16.7 Å². The topological polar surface area (TPSA) is 92.8 Å². The number of rotatable bonds is 6. The molecule has 1 heterocycles. The summed E-state index contributed by atoms with van der Waals surface area (Å²) in [5, 5.41) is 2.85. The molecular weight excluding hydrogens is 476 g/mol. The number of hydrogen-bond acceptors (Lipinski definition) is 5. The quantitative estimate of drug-likeness (QED) is 0.525. The number of hydrogen-bond donors (Lipinski definition) is 1. The van der Waals surface area contributed by atoms with Crippen molar-refractivity contribution in [2.45, 2.75) is 50.5 Å². The first-order valence-corrected chi connectivity index (χ1v) is 13.2. The van der Waals surface area contributed by atoms with Gasteiger partial charge in [-0.05, 0) is 82.6 Å². The highest BCUT2D eigenvalue weighted by Crippen LogP contribution is 2.49. The van der Waals surface area contributed by atoms with E-state index < -0.39 is 26.9 Å². The average Bonchev–Trinajstić information content (AvgIpc) is 3.06. The van der Waals surface area contributed by atoms with E-state index in [-0.39, 0.29) is 16.5 Å². The number of anilines is 1. The Labute approximate surface area is 212 Å². The molecule has 36 heavy (non-hydrogen) atoms. The van der Waals surface area contributed by atoms with Crippen LogP contribution in [0.4, 0.5) is 5.69 Å². The van der Waals surface area contributed by atoms with Gasteiger partial charge in [0.1, 0.15) is 5.75 Å². The summed E-state index contributed by atoms with van der Waals surface area (Å²) >= 11 is 0. The predicted octanol–water partition coefficient (Wildman–Crippen LogP) is 4.66. The summed E-state index contributed by atoms with van der Waals surface area (Å²) in [6.07, 6.45) is 0. The first-order chi connectivity index (χ1) is 16.9. The number of nitrogens with zero attached hydrogens (tertiary/aromatic N) is 1. The Morgan fingerprint density at radius 3 is 2.22 bits per heavy atom. The zero-order valence-electron chi connectivity index (χ0n) is 21.0. The van der Waals surface area contributed by atoms with Crippen molar-refractivity contribution in [3.8, 4) is 5.75 Å². The van der Waals surface area contributed by atoms with Crippen molar-refractivity contribution >= 4 is 27.5 Å². The van der Waals surface area contributed by atoms with Crippen molar-refractivity contribution < 1.29 is 22.7 Å². The Kier molecular flexibility index (Phi) is 6.43. The van der Waals surface area contributed by atoms with Crippen LogP contribution < -0.4 is 14.4 Å². The molecule has 1 N–H and O–H groups in total. The third-order valence-corrected chi connectivity index (χ3v) is 7.85. The maximum Gasteiger partial charge on any atom is 0.270 e. The zero-order chi connectivity index (χ0) is 26.3. The molecular formula is C28H30N2O5S. The van der Waals surface area contributed by atoms with E-state index >= 15 is 0 Å². The zero-order valence-corrected chi connectivity index (χ0v) is 21.8. The van der Waals surface area contributed by atoms with Gasteiger partial charge < -0.3 is 10.1 Å². The summed E-state index contributed by atoms with van der Waals surface area (Å²) < 4.78 is 34.2. The van der Waals surface area contributed by atoms with Crippen LogP contribution in [0.2, 0.25) is 0 Å². The normalized spacial score (nSPS) is 17.6. The fourth-order valence-electron chi connectivity index (χ4n) is 4.36. The number of nitrogens with one attached hydrogen (secondary N) is 1. The lowest BCUT2D eigenvalue weighted by atomic mass is 9.77. The SMILES string of the molecule is CCOc1ccc2c(c1)C(C)(c1ccccc1)C(=O)N2S(=O)(=O)c1ccc(C(=O)NC(C)(C)C)cc1. The number of amides is 2. The van der Waals surface area contributed by atoms with E-state index in [0.717, 1.165) is 4.31 Å². The molecule has 1 aliphatic rings. The molecule has 0 bridgehead atoms. The van der Waals surface area contributed by atoms with Gasteiger partial charge >= 0.3 is 0 Å². The summed E-state index contributed by atoms with van der Waals surface area (Å²) in [6, 6.07) is 19.7. The maximum atomic E-state index is 13.9. The number of carbonyl (C=O) groups excluding carboxylic acids is 2. The van der Waals surface area contributed by atoms with E-state index in [1.807, 2.05) is 58.0 Å². The first kappa shape index (κ1) is 25.4. The van der Waals surface area contributed by atoms with E-state index in [9.17, 15) is 18.0 Å². The molecule has 2 amide bonds. The van der Waals surface area contributed by atoms with Crippen molar-refractivity contribution in [3.63, 3.8) is 0 Å². The second-order valence-corrected chi connectivity index (χ2v) is 11.7. The van der Waals surface area contributed by atoms with Crippen LogP contribution in [0.1, 0.15) is 56.1 Å². The second kappa shape index (κ2) is 9.09. The Hall–Kier alpha value is -3.65. The van der Waals surface area contributed by atoms with Gasteiger partial charge in [-0.1, -0.05) is 30.3 Å². The number of sulfonamides is 1. The molecule has 4 rings (SSSR count). The monoisotopic (exact) mass is 506 g/mol. The van der Waals surface area contributed by atoms with E-state index in [1.54, 1.807) is 25.1 Å². The van der Waals surface area contributed by atoms with Crippen LogP contribution in [0.5, 0.6) is 5.75 Å². The van der Waals surface area contributed by atoms with Gasteiger partial charge in [0.05, 0.1) is 22.6 Å². The van der Waals surface area contributed by atoms with Gasteiger partial charge in [-0.3, -0.25) is 9.59 Å². The van der Waals surface area contributed by atoms with Crippen LogP contribution in [-0.2, 0) is 20.2 Å². The molecule has 0 fully saturated rings. The minimum Gasteiger partial charge on any atom is -0.494 e. The minimum atomic E-state index is -4.27. The highest BCUT2D eigenvalue weighted by atomic mass is 32.2. The molecule has 8 heteroatoms. The van der Waals surface area contributed by atoms with Crippen LogP contribution in [0.15, 0.2) is 77.7 Å². The van der Waals surface area contributed by atoms with Crippen LogP contribution in [0.3, 0.4) is 0 Å². The molecule has 7 nitrogen and oxygen atoms in total. The molecule has 1 aliphatic heterocycles. The number of fused-ring (bicyclic) bond motifs is 1. The lowest BCUT2D eigenvalue weighted by Gasteiger charge is -2.25. The summed E-state index contributed by atoms with van der Waals surface area (Å²) in [5.41, 5.74) is 0.169. The van der Waals surface area contributed by atoms with Crippen LogP contribution in [-0.4, -0.2) is 32.4 Å². The summed E-state index contributed by atoms with van der Waals surface area (Å²) in [4.78, 5) is 26.3. The molecule has 3 aromatic rings. The van der Waals surface area contributed by atoms with Gasteiger partial charge in [0.2, 0.25) is 0 Å². The summed E-state index contributed by atoms with van der Waals surface area (Å²) in [7, 11) is -4.27. The largest absolute Gasteiger partial charge is 0.494 e. The van der Waals surface area contributed by atoms with Gasteiger partial charge in [-0.25, -0.2) is 12.7 Å². The second-order valence-electron chi connectivity index (χ2n) is 9.91. The van der Waals surface area contributed by atoms with Gasteiger partial charge in [0.15, 0.2) is 0 Å². The molecule has 3 aromatic carbocycles. The Morgan fingerprint density at radius 1 is 1.00 bits per heavy atom. The van der Waals surface area contributed by atoms with Crippen molar-refractivity contribution in [2.24, 2.45) is 0 Å². The molecule has 1 atom stereocenters. The highest BCUT2D eigenvalue weighted by Gasteiger charge is 2.53. The van der Waals surface area contributed by atoms with Crippen molar-refractivity contribution in [1.82, 2.24) is 5.32 Å². The Balaban J connectivity index is 1.80. The summed E-state index contributed by atoms with van der Waals surface area (Å²) in [6.45, 7) is 9.61. The van der Waals surface area contributed by atoms with E-state index in [1.165, 1.54) is 24.3 Å². The smallest absolute Gasteiger partial charge is 0.270 e. The molecule has 0 saturated carbocycles. The van der Waals surface area contributed by atoms with Gasteiger partial charge in [-0.15, -0.1) is 0 Å². The van der Waals surface area contributed by atoms with Gasteiger partial charge in [0.25, 0.3) is 21.8 Å². The van der Waals surface area contributed by atoms with Crippen LogP contribution >= 0.6 is 0 Å². The summed E-state index contributed by atoms with van der Waals surface area (Å²) in [5.74, 6) is -0.333. The first-order valence-electron chi connectivity index (χ1n) is 11.7. The van der Waals surface area contributed by atoms with Crippen molar-refractivity contribution in [3.05, 3.63) is 89.5 Å². The highest BCUT2D eigenvalue weighted by molar-refractivity contribution is 7.93. The van der Waals surface area contributed by atoms with Gasteiger partial charge in [-0.2, -0.15) is 0 Å². The number of benzene rings is 3. The van der Waals surface area contributed by atoms with Crippen LogP contribution in [0.25, 0.3) is 0 Å². The molecule has 0 aromatic heterocycles. The molecule has 0 spiro atoms. The maximum absolute atomic E-state index is 13.9. The predicted molar refractivity (Wildman–Crippen MR) is 139 cm³/mol. The standard InChI is InChI=1S/C28H30N2O5S/c1-6-35-21-14-17-24-23(18-21)28(5,20-10-8-7-9-11-20)26(32)30(24)36(33,34)22-15-12-19(13-16-22)25(31)29-27(2,3)4/h7-18H,6H2,1-5H3,(H,29,31). The number of carbonyl (C=O) groups is 2. The average molecular weight is 507 g/mol. The van der Waals surface area contributed by atoms with Crippen LogP contribution in [0, 0.1) is 0 Å². The van der Waals surface area contributed by atoms with Crippen molar-refractivity contribution in [1.29, 1.82) is 0 Å². The minimum absolute atomic E-state index is 0.0831. The molecule has 0 saturated heterocycles. The number of ether oxygens (including phenoxy) is 1. The van der Waals surface area contributed by atoms with E-state index in [0.29, 0.717) is 29.0 Å². The Bertz CT molecular complexity index is 1410. The molecule has 1 unspecified atom stereocenters. The third-order valence-electron chi connectivity index (χ3n) is 6.14. The molecule has 0 radical (unpaired) electrons. The lowest BCUT2D eigenvalue weighted by Crippen LogP contribution is -2.42. The molecule has 188 valence electrons. The van der Waals surface area contributed by atoms with E-state index in [4.69, 9.17) is 4.74 Å². The third kappa shape index (κ3) is 4.37. The fraction of sp³-hybridized carbons (Fsp3) is 0.286. The lowest BCUT2D eigenvalue weighted by molar-refractivity contribution is -0.120. The molecule has 0 aliphatic carbocycles. The Morgan fingerprint density at radius 2 is 1.64 bits per heavy atom. The van der Waals surface area contributed by atoms with E-state index in [2.05, 4.69) is 5.32 Å².